The molecule has 0 saturated carbocycles. The summed E-state index contributed by atoms with van der Waals surface area (Å²) in [5.74, 6) is 0. The van der Waals surface area contributed by atoms with Crippen LogP contribution in [-0.2, 0) is 11.2 Å². The second-order valence-corrected chi connectivity index (χ2v) is 6.50. The number of rotatable bonds is 7. The zero-order valence-electron chi connectivity index (χ0n) is 15.0. The topological polar surface area (TPSA) is 41.6 Å². The molecule has 2 aromatic rings. The van der Waals surface area contributed by atoms with Crippen molar-refractivity contribution < 1.29 is 9.53 Å². The molecule has 0 radical (unpaired) electrons. The fraction of sp³-hybridized carbons (Fsp3) is 0.350. The van der Waals surface area contributed by atoms with E-state index in [2.05, 4.69) is 5.32 Å². The van der Waals surface area contributed by atoms with Crippen molar-refractivity contribution in [2.24, 2.45) is 0 Å². The molecule has 1 unspecified atom stereocenters. The van der Waals surface area contributed by atoms with Gasteiger partial charge in [-0.2, -0.15) is 0 Å². The fourth-order valence-corrected chi connectivity index (χ4v) is 2.67. The van der Waals surface area contributed by atoms with Crippen molar-refractivity contribution in [3.05, 3.63) is 64.7 Å². The summed E-state index contributed by atoms with van der Waals surface area (Å²) in [6.07, 6.45) is 1.74. The summed E-state index contributed by atoms with van der Waals surface area (Å²) in [7, 11) is 3.43. The van der Waals surface area contributed by atoms with Crippen molar-refractivity contribution in [1.29, 1.82) is 0 Å². The number of nitrogens with zero attached hydrogens (tertiary/aromatic N) is 1. The van der Waals surface area contributed by atoms with Crippen molar-refractivity contribution in [2.75, 3.05) is 26.0 Å². The number of carbonyl (C=O) groups is 1. The fourth-order valence-electron chi connectivity index (χ4n) is 2.55. The monoisotopic (exact) mass is 360 g/mol. The van der Waals surface area contributed by atoms with Gasteiger partial charge in [-0.1, -0.05) is 35.9 Å². The Bertz CT molecular complexity index is 686. The molecule has 0 aliphatic carbocycles. The minimum atomic E-state index is -0.147. The summed E-state index contributed by atoms with van der Waals surface area (Å²) in [5, 5.41) is 3.62. The Labute approximate surface area is 154 Å². The Morgan fingerprint density at radius 3 is 2.56 bits per heavy atom. The van der Waals surface area contributed by atoms with E-state index in [0.29, 0.717) is 6.61 Å². The molecule has 1 N–H and O–H groups in total. The summed E-state index contributed by atoms with van der Waals surface area (Å²) in [4.78, 5) is 13.3. The number of urea groups is 1. The van der Waals surface area contributed by atoms with E-state index >= 15 is 0 Å². The Morgan fingerprint density at radius 2 is 1.92 bits per heavy atom. The molecule has 2 rings (SSSR count). The van der Waals surface area contributed by atoms with E-state index < -0.39 is 0 Å². The van der Waals surface area contributed by atoms with Crippen LogP contribution < -0.4 is 5.32 Å². The molecule has 0 aromatic heterocycles. The molecular weight excluding hydrogens is 336 g/mol. The number of carbonyl (C=O) groups excluding carboxylic acids is 1. The Morgan fingerprint density at radius 1 is 1.20 bits per heavy atom. The molecule has 2 aromatic carbocycles. The lowest BCUT2D eigenvalue weighted by Gasteiger charge is -2.19. The molecule has 0 fully saturated rings. The maximum atomic E-state index is 11.8. The van der Waals surface area contributed by atoms with Crippen molar-refractivity contribution >= 4 is 23.3 Å². The van der Waals surface area contributed by atoms with Gasteiger partial charge in [0.2, 0.25) is 0 Å². The number of halogens is 1. The molecule has 0 spiro atoms. The Kier molecular flexibility index (Phi) is 7.29. The molecular formula is C20H25ClN2O2. The van der Waals surface area contributed by atoms with Crippen LogP contribution in [0.3, 0.4) is 0 Å². The molecule has 1 atom stereocenters. The van der Waals surface area contributed by atoms with E-state index in [1.165, 1.54) is 10.5 Å². The number of anilines is 1. The molecule has 4 nitrogen and oxygen atoms in total. The number of nitrogens with one attached hydrogen (secondary N) is 1. The highest BCUT2D eigenvalue weighted by Gasteiger charge is 2.13. The smallest absolute Gasteiger partial charge is 0.321 e. The molecule has 0 saturated heterocycles. The van der Waals surface area contributed by atoms with Gasteiger partial charge in [-0.25, -0.2) is 4.79 Å². The van der Waals surface area contributed by atoms with Gasteiger partial charge in [0.05, 0.1) is 6.10 Å². The van der Waals surface area contributed by atoms with E-state index in [1.807, 2.05) is 55.5 Å². The van der Waals surface area contributed by atoms with Gasteiger partial charge in [-0.3, -0.25) is 0 Å². The van der Waals surface area contributed by atoms with E-state index in [1.54, 1.807) is 14.1 Å². The van der Waals surface area contributed by atoms with Crippen LogP contribution in [0.1, 0.15) is 30.6 Å². The lowest BCUT2D eigenvalue weighted by atomic mass is 10.0. The van der Waals surface area contributed by atoms with Crippen LogP contribution in [0.2, 0.25) is 5.02 Å². The number of hydrogen-bond donors (Lipinski definition) is 1. The van der Waals surface area contributed by atoms with Gasteiger partial charge in [-0.15, -0.1) is 0 Å². The van der Waals surface area contributed by atoms with Crippen molar-refractivity contribution in [1.82, 2.24) is 4.90 Å². The van der Waals surface area contributed by atoms with Crippen LogP contribution >= 0.6 is 11.6 Å². The quantitative estimate of drug-likeness (QED) is 0.742. The van der Waals surface area contributed by atoms with Crippen molar-refractivity contribution in [3.8, 4) is 0 Å². The van der Waals surface area contributed by atoms with Gasteiger partial charge in [0.1, 0.15) is 0 Å². The third-order valence-electron chi connectivity index (χ3n) is 3.89. The third kappa shape index (κ3) is 6.07. The summed E-state index contributed by atoms with van der Waals surface area (Å²) in [6, 6.07) is 15.6. The van der Waals surface area contributed by atoms with Crippen molar-refractivity contribution in [3.63, 3.8) is 0 Å². The lowest BCUT2D eigenvalue weighted by Crippen LogP contribution is -2.27. The molecule has 5 heteroatoms. The summed E-state index contributed by atoms with van der Waals surface area (Å²) >= 11 is 5.94. The van der Waals surface area contributed by atoms with Gasteiger partial charge in [0, 0.05) is 31.4 Å². The van der Waals surface area contributed by atoms with Crippen LogP contribution in [0, 0.1) is 0 Å². The van der Waals surface area contributed by atoms with Gasteiger partial charge in [0.25, 0.3) is 0 Å². The molecule has 0 heterocycles. The predicted molar refractivity (Wildman–Crippen MR) is 103 cm³/mol. The first-order valence-corrected chi connectivity index (χ1v) is 8.81. The highest BCUT2D eigenvalue weighted by Crippen LogP contribution is 2.26. The number of hydrogen-bond acceptors (Lipinski definition) is 2. The van der Waals surface area contributed by atoms with Gasteiger partial charge in [0.15, 0.2) is 0 Å². The second kappa shape index (κ2) is 9.44. The number of ether oxygens (including phenoxy) is 1. The zero-order valence-corrected chi connectivity index (χ0v) is 15.7. The number of amides is 2. The predicted octanol–water partition coefficient (Wildman–Crippen LogP) is 5.14. The number of aryl methyl sites for hydroxylation is 1. The highest BCUT2D eigenvalue weighted by atomic mass is 35.5. The first kappa shape index (κ1) is 19.3. The summed E-state index contributed by atoms with van der Waals surface area (Å²) in [6.45, 7) is 2.63. The molecule has 134 valence electrons. The average molecular weight is 361 g/mol. The molecule has 25 heavy (non-hydrogen) atoms. The van der Waals surface area contributed by atoms with Crippen LogP contribution in [0.15, 0.2) is 48.5 Å². The molecule has 2 amide bonds. The maximum absolute atomic E-state index is 11.8. The van der Waals surface area contributed by atoms with Crippen LogP contribution in [0.25, 0.3) is 0 Å². The van der Waals surface area contributed by atoms with Gasteiger partial charge >= 0.3 is 6.03 Å². The Hall–Kier alpha value is -2.04. The largest absolute Gasteiger partial charge is 0.374 e. The molecule has 0 aliphatic heterocycles. The van der Waals surface area contributed by atoms with Gasteiger partial charge in [-0.05, 0) is 55.2 Å². The lowest BCUT2D eigenvalue weighted by molar-refractivity contribution is 0.0565. The van der Waals surface area contributed by atoms with Crippen molar-refractivity contribution in [2.45, 2.75) is 25.9 Å². The van der Waals surface area contributed by atoms with Crippen LogP contribution in [-0.4, -0.2) is 31.6 Å². The third-order valence-corrected chi connectivity index (χ3v) is 4.14. The van der Waals surface area contributed by atoms with E-state index in [0.717, 1.165) is 29.1 Å². The average Bonchev–Trinajstić information content (AvgIpc) is 2.60. The first-order chi connectivity index (χ1) is 12.0. The van der Waals surface area contributed by atoms with E-state index in [9.17, 15) is 4.79 Å². The summed E-state index contributed by atoms with van der Waals surface area (Å²) in [5.41, 5.74) is 3.06. The van der Waals surface area contributed by atoms with Gasteiger partial charge < -0.3 is 15.0 Å². The Balaban J connectivity index is 2.08. The first-order valence-electron chi connectivity index (χ1n) is 8.44. The highest BCUT2D eigenvalue weighted by molar-refractivity contribution is 6.30. The van der Waals surface area contributed by atoms with Crippen LogP contribution in [0.5, 0.6) is 0 Å². The minimum absolute atomic E-state index is 0.0168. The molecule has 0 aliphatic rings. The summed E-state index contributed by atoms with van der Waals surface area (Å²) < 4.78 is 5.93. The molecule has 0 bridgehead atoms. The number of benzene rings is 2. The van der Waals surface area contributed by atoms with Crippen LogP contribution in [0.4, 0.5) is 10.5 Å². The van der Waals surface area contributed by atoms with E-state index in [4.69, 9.17) is 16.3 Å². The normalized spacial score (nSPS) is 11.8. The second-order valence-electron chi connectivity index (χ2n) is 6.06. The standard InChI is InChI=1S/C20H25ClN2O2/c1-4-25-19(13-10-15-8-11-17(21)12-9-15)16-6-5-7-18(14-16)22-20(24)23(2)3/h5-9,11-12,14,19H,4,10,13H2,1-3H3,(H,22,24). The minimum Gasteiger partial charge on any atom is -0.374 e. The van der Waals surface area contributed by atoms with E-state index in [-0.39, 0.29) is 12.1 Å². The zero-order chi connectivity index (χ0) is 18.2. The SMILES string of the molecule is CCOC(CCc1ccc(Cl)cc1)c1cccc(NC(=O)N(C)C)c1. The maximum Gasteiger partial charge on any atom is 0.321 e.